The van der Waals surface area contributed by atoms with Crippen LogP contribution < -0.4 is 10.1 Å². The lowest BCUT2D eigenvalue weighted by molar-refractivity contribution is -0.122. The van der Waals surface area contributed by atoms with Gasteiger partial charge in [-0.2, -0.15) is 0 Å². The Bertz CT molecular complexity index is 905. The molecule has 0 spiro atoms. The van der Waals surface area contributed by atoms with Gasteiger partial charge in [-0.3, -0.25) is 9.78 Å². The van der Waals surface area contributed by atoms with Crippen molar-refractivity contribution in [3.8, 4) is 5.75 Å². The summed E-state index contributed by atoms with van der Waals surface area (Å²) < 4.78 is 5.77. The number of ether oxygens (including phenoxy) is 1. The average Bonchev–Trinajstić information content (AvgIpc) is 2.67. The molecule has 0 saturated heterocycles. The van der Waals surface area contributed by atoms with Crippen LogP contribution in [0.25, 0.3) is 0 Å². The van der Waals surface area contributed by atoms with E-state index in [4.69, 9.17) is 4.74 Å². The number of nitrogens with one attached hydrogen (secondary N) is 1. The van der Waals surface area contributed by atoms with E-state index >= 15 is 0 Å². The highest BCUT2D eigenvalue weighted by molar-refractivity contribution is 5.94. The Hall–Kier alpha value is -3.14. The molecule has 1 atom stereocenters. The molecule has 1 aromatic heterocycles. The van der Waals surface area contributed by atoms with Gasteiger partial charge in [0.2, 0.25) is 0 Å². The first-order valence-corrected chi connectivity index (χ1v) is 9.04. The van der Waals surface area contributed by atoms with Crippen LogP contribution in [0.15, 0.2) is 67.0 Å². The van der Waals surface area contributed by atoms with Crippen LogP contribution >= 0.6 is 0 Å². The largest absolute Gasteiger partial charge is 0.481 e. The Labute approximate surface area is 160 Å². The van der Waals surface area contributed by atoms with Gasteiger partial charge >= 0.3 is 0 Å². The Morgan fingerprint density at radius 3 is 2.30 bits per heavy atom. The van der Waals surface area contributed by atoms with Crippen LogP contribution in [-0.4, -0.2) is 17.0 Å². The van der Waals surface area contributed by atoms with Crippen LogP contribution in [0, 0.1) is 13.8 Å². The monoisotopic (exact) mass is 360 g/mol. The molecule has 2 aromatic carbocycles. The lowest BCUT2D eigenvalue weighted by Gasteiger charge is -2.16. The minimum Gasteiger partial charge on any atom is -0.481 e. The van der Waals surface area contributed by atoms with E-state index in [0.717, 1.165) is 17.7 Å². The summed E-state index contributed by atoms with van der Waals surface area (Å²) in [7, 11) is 0. The van der Waals surface area contributed by atoms with Crippen LogP contribution in [0.5, 0.6) is 5.75 Å². The Morgan fingerprint density at radius 1 is 0.963 bits per heavy atom. The quantitative estimate of drug-likeness (QED) is 0.693. The maximum atomic E-state index is 12.4. The van der Waals surface area contributed by atoms with Gasteiger partial charge in [0, 0.05) is 18.1 Å². The number of nitrogens with zero attached hydrogens (tertiary/aromatic N) is 1. The van der Waals surface area contributed by atoms with E-state index in [0.29, 0.717) is 5.75 Å². The lowest BCUT2D eigenvalue weighted by atomic mass is 10.1. The second-order valence-electron chi connectivity index (χ2n) is 6.72. The molecule has 0 aliphatic rings. The third-order valence-electron chi connectivity index (χ3n) is 4.54. The number of benzene rings is 2. The van der Waals surface area contributed by atoms with Gasteiger partial charge in [0.25, 0.3) is 5.91 Å². The summed E-state index contributed by atoms with van der Waals surface area (Å²) in [6.45, 7) is 5.83. The number of rotatable bonds is 6. The number of aryl methyl sites for hydroxylation is 2. The number of hydrogen-bond donors (Lipinski definition) is 1. The van der Waals surface area contributed by atoms with Crippen LogP contribution in [0.1, 0.15) is 29.2 Å². The summed E-state index contributed by atoms with van der Waals surface area (Å²) in [5, 5.41) is 2.91. The number of amides is 1. The predicted octanol–water partition coefficient (Wildman–Crippen LogP) is 4.70. The smallest absolute Gasteiger partial charge is 0.265 e. The molecule has 0 aliphatic heterocycles. The van der Waals surface area contributed by atoms with E-state index < -0.39 is 6.10 Å². The van der Waals surface area contributed by atoms with Crippen molar-refractivity contribution in [2.45, 2.75) is 33.3 Å². The number of carbonyl (C=O) groups excluding carboxylic acids is 1. The van der Waals surface area contributed by atoms with Crippen molar-refractivity contribution in [3.05, 3.63) is 89.2 Å². The van der Waals surface area contributed by atoms with E-state index in [1.165, 1.54) is 16.7 Å². The Morgan fingerprint density at radius 2 is 1.63 bits per heavy atom. The predicted molar refractivity (Wildman–Crippen MR) is 108 cm³/mol. The molecule has 3 rings (SSSR count). The van der Waals surface area contributed by atoms with Gasteiger partial charge < -0.3 is 10.1 Å². The molecule has 1 N–H and O–H groups in total. The van der Waals surface area contributed by atoms with E-state index in [-0.39, 0.29) is 5.91 Å². The minimum absolute atomic E-state index is 0.171. The van der Waals surface area contributed by atoms with Crippen molar-refractivity contribution >= 4 is 11.6 Å². The van der Waals surface area contributed by atoms with Crippen LogP contribution in [0.2, 0.25) is 0 Å². The summed E-state index contributed by atoms with van der Waals surface area (Å²) in [6, 6.07) is 17.7. The Balaban J connectivity index is 1.57. The zero-order valence-corrected chi connectivity index (χ0v) is 15.9. The Kier molecular flexibility index (Phi) is 5.87. The van der Waals surface area contributed by atoms with Gasteiger partial charge in [-0.05, 0) is 85.8 Å². The number of anilines is 1. The molecular weight excluding hydrogens is 336 g/mol. The number of carbonyl (C=O) groups is 1. The van der Waals surface area contributed by atoms with Crippen molar-refractivity contribution in [1.82, 2.24) is 4.98 Å². The molecule has 4 heteroatoms. The van der Waals surface area contributed by atoms with Gasteiger partial charge in [0.1, 0.15) is 5.75 Å². The summed E-state index contributed by atoms with van der Waals surface area (Å²) in [6.07, 6.45) is 3.84. The highest BCUT2D eigenvalue weighted by Crippen LogP contribution is 2.19. The molecule has 0 bridgehead atoms. The van der Waals surface area contributed by atoms with Crippen LogP contribution in [-0.2, 0) is 11.2 Å². The van der Waals surface area contributed by atoms with Gasteiger partial charge in [-0.1, -0.05) is 18.2 Å². The molecule has 1 amide bonds. The molecule has 0 saturated carbocycles. The fourth-order valence-corrected chi connectivity index (χ4v) is 2.73. The molecule has 3 aromatic rings. The van der Waals surface area contributed by atoms with Crippen molar-refractivity contribution in [2.24, 2.45) is 0 Å². The summed E-state index contributed by atoms with van der Waals surface area (Å²) in [5.41, 5.74) is 5.49. The number of pyridine rings is 1. The zero-order chi connectivity index (χ0) is 19.2. The molecule has 0 radical (unpaired) electrons. The molecule has 4 nitrogen and oxygen atoms in total. The zero-order valence-electron chi connectivity index (χ0n) is 15.9. The average molecular weight is 360 g/mol. The molecule has 0 unspecified atom stereocenters. The molecule has 138 valence electrons. The topological polar surface area (TPSA) is 51.2 Å². The fourth-order valence-electron chi connectivity index (χ4n) is 2.73. The van der Waals surface area contributed by atoms with E-state index in [9.17, 15) is 4.79 Å². The maximum Gasteiger partial charge on any atom is 0.265 e. The standard InChI is InChI=1S/C23H24N2O2/c1-16-4-9-22(14-17(16)2)27-18(3)23(26)25-21-7-5-19(6-8-21)15-20-10-12-24-13-11-20/h4-14,18H,15H2,1-3H3,(H,25,26)/t18-/m1/s1. The fraction of sp³-hybridized carbons (Fsp3) is 0.217. The summed E-state index contributed by atoms with van der Waals surface area (Å²) >= 11 is 0. The SMILES string of the molecule is Cc1ccc(O[C@H](C)C(=O)Nc2ccc(Cc3ccncc3)cc2)cc1C. The van der Waals surface area contributed by atoms with E-state index in [1.807, 2.05) is 68.4 Å². The van der Waals surface area contributed by atoms with Crippen molar-refractivity contribution < 1.29 is 9.53 Å². The van der Waals surface area contributed by atoms with Gasteiger partial charge in [-0.25, -0.2) is 0 Å². The van der Waals surface area contributed by atoms with Gasteiger partial charge in [0.15, 0.2) is 6.10 Å². The molecule has 0 fully saturated rings. The highest BCUT2D eigenvalue weighted by atomic mass is 16.5. The van der Waals surface area contributed by atoms with Gasteiger partial charge in [0.05, 0.1) is 0 Å². The van der Waals surface area contributed by atoms with E-state index in [1.54, 1.807) is 19.3 Å². The second-order valence-corrected chi connectivity index (χ2v) is 6.72. The summed E-state index contributed by atoms with van der Waals surface area (Å²) in [4.78, 5) is 16.4. The third kappa shape index (κ3) is 5.17. The van der Waals surface area contributed by atoms with Crippen molar-refractivity contribution in [2.75, 3.05) is 5.32 Å². The third-order valence-corrected chi connectivity index (χ3v) is 4.54. The maximum absolute atomic E-state index is 12.4. The summed E-state index contributed by atoms with van der Waals surface area (Å²) in [5.74, 6) is 0.531. The molecule has 0 aliphatic carbocycles. The van der Waals surface area contributed by atoms with Crippen LogP contribution in [0.4, 0.5) is 5.69 Å². The minimum atomic E-state index is -0.580. The molecule has 27 heavy (non-hydrogen) atoms. The van der Waals surface area contributed by atoms with Crippen molar-refractivity contribution in [1.29, 1.82) is 0 Å². The van der Waals surface area contributed by atoms with Gasteiger partial charge in [-0.15, -0.1) is 0 Å². The molecule has 1 heterocycles. The number of hydrogen-bond acceptors (Lipinski definition) is 3. The first-order chi connectivity index (χ1) is 13.0. The van der Waals surface area contributed by atoms with Crippen LogP contribution in [0.3, 0.4) is 0 Å². The van der Waals surface area contributed by atoms with E-state index in [2.05, 4.69) is 10.3 Å². The second kappa shape index (κ2) is 8.49. The molecular formula is C23H24N2O2. The highest BCUT2D eigenvalue weighted by Gasteiger charge is 2.15. The lowest BCUT2D eigenvalue weighted by Crippen LogP contribution is -2.30. The normalized spacial score (nSPS) is 11.7. The first kappa shape index (κ1) is 18.6. The first-order valence-electron chi connectivity index (χ1n) is 9.04. The van der Waals surface area contributed by atoms with Crippen molar-refractivity contribution in [3.63, 3.8) is 0 Å². The number of aromatic nitrogens is 1.